The van der Waals surface area contributed by atoms with Crippen LogP contribution in [0, 0.1) is 0 Å². The van der Waals surface area contributed by atoms with Gasteiger partial charge in [-0.1, -0.05) is 12.8 Å². The van der Waals surface area contributed by atoms with Crippen LogP contribution in [0.2, 0.25) is 0 Å². The van der Waals surface area contributed by atoms with Crippen molar-refractivity contribution in [3.63, 3.8) is 0 Å². The third-order valence-electron chi connectivity index (χ3n) is 3.59. The number of rotatable bonds is 6. The van der Waals surface area contributed by atoms with Gasteiger partial charge in [-0.25, -0.2) is 4.98 Å². The third kappa shape index (κ3) is 4.96. The second kappa shape index (κ2) is 6.53. The average molecular weight is 265 g/mol. The van der Waals surface area contributed by atoms with Crippen molar-refractivity contribution in [3.05, 3.63) is 18.2 Å². The predicted octanol–water partition coefficient (Wildman–Crippen LogP) is 2.73. The van der Waals surface area contributed by atoms with E-state index in [1.54, 1.807) is 0 Å². The Kier molecular flexibility index (Phi) is 4.99. The Balaban J connectivity index is 1.75. The number of hydrogen-bond donors (Lipinski definition) is 1. The summed E-state index contributed by atoms with van der Waals surface area (Å²) in [5.74, 6) is 0. The first-order valence-corrected chi connectivity index (χ1v) is 7.40. The Labute approximate surface area is 116 Å². The van der Waals surface area contributed by atoms with Crippen molar-refractivity contribution in [2.24, 2.45) is 0 Å². The SMILES string of the molecule is CC(C)(C)NCc1cncn1CCOC1CCCC1. The monoisotopic (exact) mass is 265 g/mol. The fraction of sp³-hybridized carbons (Fsp3) is 0.800. The molecular formula is C15H27N3O. The summed E-state index contributed by atoms with van der Waals surface area (Å²) < 4.78 is 8.10. The van der Waals surface area contributed by atoms with E-state index in [1.165, 1.54) is 31.4 Å². The number of aromatic nitrogens is 2. The lowest BCUT2D eigenvalue weighted by Gasteiger charge is -2.21. The number of nitrogens with zero attached hydrogens (tertiary/aromatic N) is 2. The Morgan fingerprint density at radius 1 is 1.37 bits per heavy atom. The number of nitrogens with one attached hydrogen (secondary N) is 1. The van der Waals surface area contributed by atoms with Crippen LogP contribution >= 0.6 is 0 Å². The van der Waals surface area contributed by atoms with Crippen LogP contribution < -0.4 is 5.32 Å². The van der Waals surface area contributed by atoms with Crippen LogP contribution in [0.15, 0.2) is 12.5 Å². The molecule has 2 rings (SSSR count). The van der Waals surface area contributed by atoms with Crippen LogP contribution in [0.4, 0.5) is 0 Å². The minimum absolute atomic E-state index is 0.134. The molecule has 1 saturated carbocycles. The fourth-order valence-corrected chi connectivity index (χ4v) is 2.43. The molecular weight excluding hydrogens is 238 g/mol. The van der Waals surface area contributed by atoms with Crippen LogP contribution in [-0.2, 0) is 17.8 Å². The number of hydrogen-bond acceptors (Lipinski definition) is 3. The summed E-state index contributed by atoms with van der Waals surface area (Å²) in [6, 6.07) is 0. The largest absolute Gasteiger partial charge is 0.376 e. The summed E-state index contributed by atoms with van der Waals surface area (Å²) in [4.78, 5) is 4.24. The third-order valence-corrected chi connectivity index (χ3v) is 3.59. The van der Waals surface area contributed by atoms with E-state index in [4.69, 9.17) is 4.74 Å². The van der Waals surface area contributed by atoms with E-state index in [9.17, 15) is 0 Å². The van der Waals surface area contributed by atoms with Crippen molar-refractivity contribution in [2.75, 3.05) is 6.61 Å². The van der Waals surface area contributed by atoms with Crippen LogP contribution in [-0.4, -0.2) is 27.8 Å². The fourth-order valence-electron chi connectivity index (χ4n) is 2.43. The zero-order valence-corrected chi connectivity index (χ0v) is 12.5. The van der Waals surface area contributed by atoms with Crippen molar-refractivity contribution in [1.82, 2.24) is 14.9 Å². The van der Waals surface area contributed by atoms with Gasteiger partial charge in [-0.05, 0) is 33.6 Å². The minimum Gasteiger partial charge on any atom is -0.376 e. The van der Waals surface area contributed by atoms with Gasteiger partial charge in [0.15, 0.2) is 0 Å². The van der Waals surface area contributed by atoms with Gasteiger partial charge in [0.05, 0.1) is 24.7 Å². The molecule has 1 aromatic rings. The van der Waals surface area contributed by atoms with Crippen LogP contribution in [0.25, 0.3) is 0 Å². The lowest BCUT2D eigenvalue weighted by molar-refractivity contribution is 0.0526. The summed E-state index contributed by atoms with van der Waals surface area (Å²) in [6.07, 6.45) is 9.48. The molecule has 4 heteroatoms. The highest BCUT2D eigenvalue weighted by atomic mass is 16.5. The molecule has 108 valence electrons. The maximum Gasteiger partial charge on any atom is 0.0949 e. The lowest BCUT2D eigenvalue weighted by Crippen LogP contribution is -2.35. The molecule has 0 spiro atoms. The maximum atomic E-state index is 5.91. The Hall–Kier alpha value is -0.870. The standard InChI is InChI=1S/C15H27N3O/c1-15(2,3)17-11-13-10-16-12-18(13)8-9-19-14-6-4-5-7-14/h10,12,14,17H,4-9,11H2,1-3H3. The molecule has 4 nitrogen and oxygen atoms in total. The molecule has 0 amide bonds. The van der Waals surface area contributed by atoms with Crippen LogP contribution in [0.5, 0.6) is 0 Å². The summed E-state index contributed by atoms with van der Waals surface area (Å²) in [5, 5.41) is 3.49. The van der Waals surface area contributed by atoms with E-state index >= 15 is 0 Å². The van der Waals surface area contributed by atoms with Crippen molar-refractivity contribution < 1.29 is 4.74 Å². The highest BCUT2D eigenvalue weighted by Gasteiger charge is 2.15. The second-order valence-corrected chi connectivity index (χ2v) is 6.46. The summed E-state index contributed by atoms with van der Waals surface area (Å²) >= 11 is 0. The molecule has 1 aliphatic rings. The zero-order valence-electron chi connectivity index (χ0n) is 12.5. The molecule has 0 radical (unpaired) electrons. The number of ether oxygens (including phenoxy) is 1. The highest BCUT2D eigenvalue weighted by Crippen LogP contribution is 2.20. The van der Waals surface area contributed by atoms with Gasteiger partial charge in [-0.2, -0.15) is 0 Å². The molecule has 1 aromatic heterocycles. The molecule has 0 bridgehead atoms. The van der Waals surface area contributed by atoms with Gasteiger partial charge in [0.25, 0.3) is 0 Å². The molecule has 1 fully saturated rings. The van der Waals surface area contributed by atoms with E-state index in [0.29, 0.717) is 6.10 Å². The van der Waals surface area contributed by atoms with E-state index in [-0.39, 0.29) is 5.54 Å². The smallest absolute Gasteiger partial charge is 0.0949 e. The van der Waals surface area contributed by atoms with Crippen molar-refractivity contribution >= 4 is 0 Å². The van der Waals surface area contributed by atoms with E-state index in [0.717, 1.165) is 19.7 Å². The molecule has 1 heterocycles. The molecule has 19 heavy (non-hydrogen) atoms. The van der Waals surface area contributed by atoms with Gasteiger partial charge in [0, 0.05) is 24.8 Å². The topological polar surface area (TPSA) is 39.1 Å². The Morgan fingerprint density at radius 2 is 2.11 bits per heavy atom. The van der Waals surface area contributed by atoms with Gasteiger partial charge in [0.2, 0.25) is 0 Å². The first-order chi connectivity index (χ1) is 9.04. The molecule has 1 aliphatic carbocycles. The van der Waals surface area contributed by atoms with Crippen molar-refractivity contribution in [3.8, 4) is 0 Å². The van der Waals surface area contributed by atoms with E-state index in [1.807, 2.05) is 12.5 Å². The molecule has 1 N–H and O–H groups in total. The normalized spacial score (nSPS) is 17.2. The second-order valence-electron chi connectivity index (χ2n) is 6.46. The first kappa shape index (κ1) is 14.5. The predicted molar refractivity (Wildman–Crippen MR) is 77.0 cm³/mol. The molecule has 0 unspecified atom stereocenters. The van der Waals surface area contributed by atoms with Crippen LogP contribution in [0.3, 0.4) is 0 Å². The molecule has 0 saturated heterocycles. The zero-order chi connectivity index (χ0) is 13.7. The quantitative estimate of drug-likeness (QED) is 0.859. The van der Waals surface area contributed by atoms with Gasteiger partial charge in [-0.3, -0.25) is 0 Å². The van der Waals surface area contributed by atoms with Gasteiger partial charge >= 0.3 is 0 Å². The van der Waals surface area contributed by atoms with E-state index < -0.39 is 0 Å². The number of imidazole rings is 1. The summed E-state index contributed by atoms with van der Waals surface area (Å²) in [5.41, 5.74) is 1.36. The molecule has 0 atom stereocenters. The molecule has 0 aliphatic heterocycles. The van der Waals surface area contributed by atoms with Gasteiger partial charge in [0.1, 0.15) is 0 Å². The lowest BCUT2D eigenvalue weighted by atomic mass is 10.1. The van der Waals surface area contributed by atoms with Crippen molar-refractivity contribution in [1.29, 1.82) is 0 Å². The van der Waals surface area contributed by atoms with Gasteiger partial charge < -0.3 is 14.6 Å². The molecule has 0 aromatic carbocycles. The van der Waals surface area contributed by atoms with Crippen LogP contribution in [0.1, 0.15) is 52.1 Å². The summed E-state index contributed by atoms with van der Waals surface area (Å²) in [6.45, 7) is 9.08. The van der Waals surface area contributed by atoms with E-state index in [2.05, 4.69) is 35.6 Å². The van der Waals surface area contributed by atoms with Gasteiger partial charge in [-0.15, -0.1) is 0 Å². The Morgan fingerprint density at radius 3 is 2.79 bits per heavy atom. The summed E-state index contributed by atoms with van der Waals surface area (Å²) in [7, 11) is 0. The van der Waals surface area contributed by atoms with Crippen molar-refractivity contribution in [2.45, 2.75) is 71.2 Å². The first-order valence-electron chi connectivity index (χ1n) is 7.40. The maximum absolute atomic E-state index is 5.91. The Bertz CT molecular complexity index is 375. The minimum atomic E-state index is 0.134. The average Bonchev–Trinajstić information content (AvgIpc) is 2.96. The highest BCUT2D eigenvalue weighted by molar-refractivity contribution is 4.98.